The SMILES string of the molecule is COCCNCc1cccnc1-n1cc(Br)cn1. The van der Waals surface area contributed by atoms with Crippen LogP contribution in [0.4, 0.5) is 0 Å². The van der Waals surface area contributed by atoms with Crippen molar-refractivity contribution < 1.29 is 4.74 Å². The van der Waals surface area contributed by atoms with Crippen LogP contribution in [0.25, 0.3) is 5.82 Å². The minimum Gasteiger partial charge on any atom is -0.383 e. The molecule has 0 spiro atoms. The van der Waals surface area contributed by atoms with E-state index < -0.39 is 0 Å². The van der Waals surface area contributed by atoms with Crippen LogP contribution < -0.4 is 5.32 Å². The first-order valence-electron chi connectivity index (χ1n) is 5.65. The van der Waals surface area contributed by atoms with E-state index in [1.807, 2.05) is 18.3 Å². The van der Waals surface area contributed by atoms with Gasteiger partial charge in [0.25, 0.3) is 0 Å². The fourth-order valence-corrected chi connectivity index (χ4v) is 1.87. The summed E-state index contributed by atoms with van der Waals surface area (Å²) in [6.07, 6.45) is 5.40. The Morgan fingerprint density at radius 2 is 2.39 bits per heavy atom. The first-order valence-corrected chi connectivity index (χ1v) is 6.44. The molecule has 0 unspecified atom stereocenters. The summed E-state index contributed by atoms with van der Waals surface area (Å²) in [5.41, 5.74) is 1.10. The smallest absolute Gasteiger partial charge is 0.157 e. The summed E-state index contributed by atoms with van der Waals surface area (Å²) in [6.45, 7) is 2.25. The van der Waals surface area contributed by atoms with Crippen molar-refractivity contribution in [3.05, 3.63) is 40.8 Å². The normalized spacial score (nSPS) is 10.8. The summed E-state index contributed by atoms with van der Waals surface area (Å²) in [5, 5.41) is 7.55. The lowest BCUT2D eigenvalue weighted by atomic mass is 10.2. The van der Waals surface area contributed by atoms with Crippen LogP contribution in [0, 0.1) is 0 Å². The van der Waals surface area contributed by atoms with Crippen LogP contribution >= 0.6 is 15.9 Å². The molecule has 96 valence electrons. The number of halogens is 1. The van der Waals surface area contributed by atoms with Crippen molar-refractivity contribution in [3.8, 4) is 5.82 Å². The van der Waals surface area contributed by atoms with Gasteiger partial charge >= 0.3 is 0 Å². The molecule has 18 heavy (non-hydrogen) atoms. The van der Waals surface area contributed by atoms with Gasteiger partial charge in [0.2, 0.25) is 0 Å². The number of hydrogen-bond donors (Lipinski definition) is 1. The van der Waals surface area contributed by atoms with Crippen molar-refractivity contribution >= 4 is 15.9 Å². The van der Waals surface area contributed by atoms with Crippen LogP contribution in [0.1, 0.15) is 5.56 Å². The van der Waals surface area contributed by atoms with Crippen LogP contribution in [-0.4, -0.2) is 35.0 Å². The van der Waals surface area contributed by atoms with Crippen molar-refractivity contribution in [3.63, 3.8) is 0 Å². The molecule has 2 rings (SSSR count). The second kappa shape index (κ2) is 6.63. The van der Waals surface area contributed by atoms with Crippen LogP contribution in [0.15, 0.2) is 35.2 Å². The third-order valence-electron chi connectivity index (χ3n) is 2.43. The van der Waals surface area contributed by atoms with E-state index in [0.717, 1.165) is 28.9 Å². The Morgan fingerprint density at radius 1 is 1.50 bits per heavy atom. The highest BCUT2D eigenvalue weighted by Crippen LogP contribution is 2.14. The molecular weight excluding hydrogens is 296 g/mol. The average molecular weight is 311 g/mol. The van der Waals surface area contributed by atoms with Gasteiger partial charge in [-0.3, -0.25) is 0 Å². The molecule has 2 aromatic rings. The average Bonchev–Trinajstić information content (AvgIpc) is 2.82. The lowest BCUT2D eigenvalue weighted by molar-refractivity contribution is 0.199. The molecule has 2 heterocycles. The zero-order chi connectivity index (χ0) is 12.8. The van der Waals surface area contributed by atoms with Crippen LogP contribution in [0.5, 0.6) is 0 Å². The quantitative estimate of drug-likeness (QED) is 0.826. The second-order valence-corrected chi connectivity index (χ2v) is 4.67. The van der Waals surface area contributed by atoms with Gasteiger partial charge in [-0.25, -0.2) is 9.67 Å². The maximum Gasteiger partial charge on any atom is 0.157 e. The highest BCUT2D eigenvalue weighted by Gasteiger charge is 2.06. The number of aromatic nitrogens is 3. The largest absolute Gasteiger partial charge is 0.383 e. The van der Waals surface area contributed by atoms with Crippen molar-refractivity contribution in [2.45, 2.75) is 6.54 Å². The van der Waals surface area contributed by atoms with E-state index in [0.29, 0.717) is 6.61 Å². The minimum absolute atomic E-state index is 0.697. The first-order chi connectivity index (χ1) is 8.81. The van der Waals surface area contributed by atoms with Gasteiger partial charge < -0.3 is 10.1 Å². The van der Waals surface area contributed by atoms with E-state index in [9.17, 15) is 0 Å². The lowest BCUT2D eigenvalue weighted by Crippen LogP contribution is -2.20. The molecule has 0 fully saturated rings. The summed E-state index contributed by atoms with van der Waals surface area (Å²) in [6, 6.07) is 3.97. The minimum atomic E-state index is 0.697. The molecule has 0 amide bonds. The second-order valence-electron chi connectivity index (χ2n) is 3.76. The number of pyridine rings is 1. The van der Waals surface area contributed by atoms with E-state index >= 15 is 0 Å². The van der Waals surface area contributed by atoms with Gasteiger partial charge in [-0.05, 0) is 22.0 Å². The van der Waals surface area contributed by atoms with Crippen LogP contribution in [0.2, 0.25) is 0 Å². The Morgan fingerprint density at radius 3 is 3.11 bits per heavy atom. The summed E-state index contributed by atoms with van der Waals surface area (Å²) in [7, 11) is 1.69. The maximum absolute atomic E-state index is 5.00. The molecule has 0 aliphatic heterocycles. The van der Waals surface area contributed by atoms with E-state index in [2.05, 4.69) is 31.3 Å². The Balaban J connectivity index is 2.10. The van der Waals surface area contributed by atoms with Gasteiger partial charge in [0.1, 0.15) is 0 Å². The summed E-state index contributed by atoms with van der Waals surface area (Å²) >= 11 is 3.38. The molecule has 2 aromatic heterocycles. The van der Waals surface area contributed by atoms with E-state index in [-0.39, 0.29) is 0 Å². The van der Waals surface area contributed by atoms with Crippen molar-refractivity contribution in [1.82, 2.24) is 20.1 Å². The number of rotatable bonds is 6. The summed E-state index contributed by atoms with van der Waals surface area (Å²) in [5.74, 6) is 0.841. The Kier molecular flexibility index (Phi) is 4.86. The number of nitrogens with one attached hydrogen (secondary N) is 1. The maximum atomic E-state index is 5.00. The predicted molar refractivity (Wildman–Crippen MR) is 72.6 cm³/mol. The van der Waals surface area contributed by atoms with Crippen molar-refractivity contribution in [1.29, 1.82) is 0 Å². The molecule has 0 aromatic carbocycles. The van der Waals surface area contributed by atoms with Crippen LogP contribution in [-0.2, 0) is 11.3 Å². The van der Waals surface area contributed by atoms with Crippen molar-refractivity contribution in [2.75, 3.05) is 20.3 Å². The molecular formula is C12H15BrN4O. The molecule has 0 aliphatic rings. The molecule has 0 atom stereocenters. The zero-order valence-electron chi connectivity index (χ0n) is 10.1. The monoisotopic (exact) mass is 310 g/mol. The Labute approximate surface area is 114 Å². The van der Waals surface area contributed by atoms with Gasteiger partial charge in [-0.1, -0.05) is 6.07 Å². The lowest BCUT2D eigenvalue weighted by Gasteiger charge is -2.09. The number of ether oxygens (including phenoxy) is 1. The third-order valence-corrected chi connectivity index (χ3v) is 2.84. The molecule has 0 bridgehead atoms. The topological polar surface area (TPSA) is 52.0 Å². The molecule has 0 saturated heterocycles. The van der Waals surface area contributed by atoms with E-state index in [1.54, 1.807) is 24.2 Å². The third kappa shape index (κ3) is 3.38. The van der Waals surface area contributed by atoms with Gasteiger partial charge in [0.05, 0.1) is 17.3 Å². The zero-order valence-corrected chi connectivity index (χ0v) is 11.7. The molecule has 6 heteroatoms. The van der Waals surface area contributed by atoms with Gasteiger partial charge in [-0.2, -0.15) is 5.10 Å². The molecule has 0 aliphatic carbocycles. The standard InChI is InChI=1S/C12H15BrN4O/c1-18-6-5-14-7-10-3-2-4-15-12(10)17-9-11(13)8-16-17/h2-4,8-9,14H,5-7H2,1H3. The van der Waals surface area contributed by atoms with Crippen molar-refractivity contribution in [2.24, 2.45) is 0 Å². The summed E-state index contributed by atoms with van der Waals surface area (Å²) < 4.78 is 7.69. The van der Waals surface area contributed by atoms with Crippen LogP contribution in [0.3, 0.4) is 0 Å². The summed E-state index contributed by atoms with van der Waals surface area (Å²) in [4.78, 5) is 4.37. The van der Waals surface area contributed by atoms with Gasteiger partial charge in [-0.15, -0.1) is 0 Å². The first kappa shape index (κ1) is 13.2. The number of methoxy groups -OCH3 is 1. The van der Waals surface area contributed by atoms with E-state index in [4.69, 9.17) is 4.74 Å². The molecule has 5 nitrogen and oxygen atoms in total. The van der Waals surface area contributed by atoms with Gasteiger partial charge in [0, 0.05) is 38.2 Å². The molecule has 1 N–H and O–H groups in total. The molecule has 0 saturated carbocycles. The molecule has 0 radical (unpaired) electrons. The van der Waals surface area contributed by atoms with E-state index in [1.165, 1.54) is 0 Å². The van der Waals surface area contributed by atoms with Gasteiger partial charge in [0.15, 0.2) is 5.82 Å². The highest BCUT2D eigenvalue weighted by atomic mass is 79.9. The Hall–Kier alpha value is -1.24. The highest BCUT2D eigenvalue weighted by molar-refractivity contribution is 9.10. The number of nitrogens with zero attached hydrogens (tertiary/aromatic N) is 3. The fourth-order valence-electron chi connectivity index (χ4n) is 1.59. The number of hydrogen-bond acceptors (Lipinski definition) is 4. The fraction of sp³-hybridized carbons (Fsp3) is 0.333. The Bertz CT molecular complexity index is 500. The predicted octanol–water partition coefficient (Wildman–Crippen LogP) is 1.77.